The second-order valence-corrected chi connectivity index (χ2v) is 5.88. The number of benzene rings is 1. The van der Waals surface area contributed by atoms with Crippen LogP contribution in [-0.4, -0.2) is 15.5 Å². The molecular weight excluding hydrogens is 262 g/mol. The molecule has 0 amide bonds. The number of hydrogen-bond acceptors (Lipinski definition) is 2. The van der Waals surface area contributed by atoms with Crippen molar-refractivity contribution in [1.82, 2.24) is 4.57 Å². The Balaban J connectivity index is 3.05. The van der Waals surface area contributed by atoms with E-state index in [0.29, 0.717) is 0 Å². The zero-order valence-electron chi connectivity index (χ0n) is 13.9. The van der Waals surface area contributed by atoms with Crippen LogP contribution in [0.2, 0.25) is 0 Å². The zero-order chi connectivity index (χ0) is 16.1. The van der Waals surface area contributed by atoms with Crippen molar-refractivity contribution < 1.29 is 9.90 Å². The van der Waals surface area contributed by atoms with Crippen LogP contribution in [0.4, 0.5) is 0 Å². The summed E-state index contributed by atoms with van der Waals surface area (Å²) in [5.74, 6) is -0.0986. The maximum atomic E-state index is 11.3. The lowest BCUT2D eigenvalue weighted by atomic mass is 9.93. The minimum atomic E-state index is -0.151. The minimum Gasteiger partial charge on any atom is -0.507 e. The van der Waals surface area contributed by atoms with Crippen molar-refractivity contribution in [3.8, 4) is 0 Å². The van der Waals surface area contributed by atoms with Crippen LogP contribution in [0.1, 0.15) is 40.4 Å². The van der Waals surface area contributed by atoms with Crippen LogP contribution in [-0.2, 0) is 11.8 Å². The van der Waals surface area contributed by atoms with Gasteiger partial charge in [-0.05, 0) is 63.8 Å². The molecule has 1 aromatic heterocycles. The summed E-state index contributed by atoms with van der Waals surface area (Å²) in [6, 6.07) is 0. The first-order valence-electron chi connectivity index (χ1n) is 7.15. The Hall–Kier alpha value is -2.03. The van der Waals surface area contributed by atoms with Gasteiger partial charge in [0.25, 0.3) is 0 Å². The lowest BCUT2D eigenvalue weighted by Crippen LogP contribution is -1.97. The molecule has 0 atom stereocenters. The second-order valence-electron chi connectivity index (χ2n) is 5.88. The van der Waals surface area contributed by atoms with E-state index >= 15 is 0 Å². The van der Waals surface area contributed by atoms with Gasteiger partial charge in [-0.3, -0.25) is 4.79 Å². The molecule has 0 aliphatic heterocycles. The van der Waals surface area contributed by atoms with Crippen molar-refractivity contribution in [1.29, 1.82) is 0 Å². The number of aromatic nitrogens is 1. The highest BCUT2D eigenvalue weighted by Crippen LogP contribution is 2.37. The molecule has 3 heteroatoms. The van der Waals surface area contributed by atoms with Crippen molar-refractivity contribution >= 4 is 22.4 Å². The number of aliphatic hydroxyl groups is 1. The Labute approximate surface area is 125 Å². The molecule has 0 saturated carbocycles. The summed E-state index contributed by atoms with van der Waals surface area (Å²) in [6.45, 7) is 11.8. The van der Waals surface area contributed by atoms with Crippen LogP contribution in [0.25, 0.3) is 16.7 Å². The van der Waals surface area contributed by atoms with Gasteiger partial charge in [-0.25, -0.2) is 0 Å². The van der Waals surface area contributed by atoms with Crippen LogP contribution in [0.5, 0.6) is 0 Å². The van der Waals surface area contributed by atoms with Gasteiger partial charge in [0.05, 0.1) is 5.52 Å². The highest BCUT2D eigenvalue weighted by atomic mass is 16.3. The molecule has 0 aliphatic rings. The van der Waals surface area contributed by atoms with Gasteiger partial charge in [-0.15, -0.1) is 0 Å². The second kappa shape index (κ2) is 5.06. The van der Waals surface area contributed by atoms with Crippen molar-refractivity contribution in [2.24, 2.45) is 7.05 Å². The van der Waals surface area contributed by atoms with E-state index in [2.05, 4.69) is 32.3 Å². The number of ketones is 1. The van der Waals surface area contributed by atoms with Gasteiger partial charge in [0.2, 0.25) is 0 Å². The fourth-order valence-electron chi connectivity index (χ4n) is 3.11. The van der Waals surface area contributed by atoms with Crippen LogP contribution in [0.3, 0.4) is 0 Å². The summed E-state index contributed by atoms with van der Waals surface area (Å²) in [5, 5.41) is 11.4. The number of carbonyl (C=O) groups is 1. The normalized spacial score (nSPS) is 12.2. The predicted molar refractivity (Wildman–Crippen MR) is 87.9 cm³/mol. The molecule has 2 rings (SSSR count). The Morgan fingerprint density at radius 1 is 1.00 bits per heavy atom. The average molecular weight is 285 g/mol. The molecule has 0 saturated heterocycles. The standard InChI is InChI=1S/C18H23NO2/c1-9(20)8-15(21)17-14(6)19(7)18-13(5)11(3)10(2)12(4)16(17)18/h8,21H,1-7H3/b15-8-. The first-order valence-corrected chi connectivity index (χ1v) is 7.15. The first kappa shape index (κ1) is 15.4. The van der Waals surface area contributed by atoms with Crippen LogP contribution in [0.15, 0.2) is 6.08 Å². The van der Waals surface area contributed by atoms with Gasteiger partial charge in [0.15, 0.2) is 5.78 Å². The lowest BCUT2D eigenvalue weighted by molar-refractivity contribution is -0.112. The van der Waals surface area contributed by atoms with Crippen LogP contribution in [0, 0.1) is 34.6 Å². The molecule has 0 radical (unpaired) electrons. The van der Waals surface area contributed by atoms with Crippen LogP contribution >= 0.6 is 0 Å². The number of aliphatic hydroxyl groups excluding tert-OH is 1. The van der Waals surface area contributed by atoms with Gasteiger partial charge in [0, 0.05) is 29.8 Å². The number of rotatable bonds is 2. The van der Waals surface area contributed by atoms with Crippen molar-refractivity contribution in [2.75, 3.05) is 0 Å². The van der Waals surface area contributed by atoms with E-state index in [-0.39, 0.29) is 11.5 Å². The molecule has 3 nitrogen and oxygen atoms in total. The van der Waals surface area contributed by atoms with E-state index < -0.39 is 0 Å². The molecule has 0 fully saturated rings. The Kier molecular flexibility index (Phi) is 3.70. The highest BCUT2D eigenvalue weighted by Gasteiger charge is 2.21. The van der Waals surface area contributed by atoms with Gasteiger partial charge >= 0.3 is 0 Å². The molecule has 2 aromatic rings. The van der Waals surface area contributed by atoms with Crippen molar-refractivity contribution in [2.45, 2.75) is 41.5 Å². The lowest BCUT2D eigenvalue weighted by Gasteiger charge is -2.13. The molecule has 21 heavy (non-hydrogen) atoms. The number of aryl methyl sites for hydroxylation is 3. The molecule has 1 N–H and O–H groups in total. The van der Waals surface area contributed by atoms with E-state index in [0.717, 1.165) is 27.7 Å². The molecular formula is C18H23NO2. The molecule has 1 aromatic carbocycles. The predicted octanol–water partition coefficient (Wildman–Crippen LogP) is 4.21. The smallest absolute Gasteiger partial charge is 0.156 e. The summed E-state index contributed by atoms with van der Waals surface area (Å²) in [4.78, 5) is 11.3. The Morgan fingerprint density at radius 2 is 1.52 bits per heavy atom. The van der Waals surface area contributed by atoms with Crippen molar-refractivity contribution in [3.05, 3.63) is 39.6 Å². The number of fused-ring (bicyclic) bond motifs is 1. The van der Waals surface area contributed by atoms with Gasteiger partial charge in [-0.2, -0.15) is 0 Å². The maximum absolute atomic E-state index is 11.3. The topological polar surface area (TPSA) is 42.2 Å². The van der Waals surface area contributed by atoms with E-state index in [1.807, 2.05) is 14.0 Å². The van der Waals surface area contributed by atoms with E-state index in [9.17, 15) is 9.90 Å². The average Bonchev–Trinajstić information content (AvgIpc) is 2.66. The third-order valence-electron chi connectivity index (χ3n) is 4.70. The maximum Gasteiger partial charge on any atom is 0.156 e. The highest BCUT2D eigenvalue weighted by molar-refractivity contribution is 6.02. The molecule has 0 spiro atoms. The van der Waals surface area contributed by atoms with Crippen LogP contribution < -0.4 is 0 Å². The molecule has 1 heterocycles. The summed E-state index contributed by atoms with van der Waals surface area (Å²) >= 11 is 0. The third kappa shape index (κ3) is 2.17. The number of carbonyl (C=O) groups excluding carboxylic acids is 1. The quantitative estimate of drug-likeness (QED) is 0.663. The molecule has 0 unspecified atom stereocenters. The minimum absolute atomic E-state index is 0.0522. The molecule has 112 valence electrons. The SMILES string of the molecule is CC(=O)/C=C(\O)c1c(C)n(C)c2c(C)c(C)c(C)c(C)c12. The fraction of sp³-hybridized carbons (Fsp3) is 0.389. The summed E-state index contributed by atoms with van der Waals surface area (Å²) in [5.41, 5.74) is 7.77. The van der Waals surface area contributed by atoms with E-state index in [4.69, 9.17) is 0 Å². The van der Waals surface area contributed by atoms with Crippen molar-refractivity contribution in [3.63, 3.8) is 0 Å². The third-order valence-corrected chi connectivity index (χ3v) is 4.70. The first-order chi connectivity index (χ1) is 9.68. The largest absolute Gasteiger partial charge is 0.507 e. The van der Waals surface area contributed by atoms with Gasteiger partial charge in [0.1, 0.15) is 5.76 Å². The number of nitrogens with zero attached hydrogens (tertiary/aromatic N) is 1. The Bertz CT molecular complexity index is 792. The summed E-state index contributed by atoms with van der Waals surface area (Å²) in [7, 11) is 2.00. The van der Waals surface area contributed by atoms with Gasteiger partial charge in [-0.1, -0.05) is 0 Å². The Morgan fingerprint density at radius 3 is 2.05 bits per heavy atom. The summed E-state index contributed by atoms with van der Waals surface area (Å²) < 4.78 is 2.10. The number of hydrogen-bond donors (Lipinski definition) is 1. The zero-order valence-corrected chi connectivity index (χ0v) is 13.9. The fourth-order valence-corrected chi connectivity index (χ4v) is 3.11. The van der Waals surface area contributed by atoms with E-state index in [1.165, 1.54) is 29.7 Å². The number of allylic oxidation sites excluding steroid dienone is 1. The van der Waals surface area contributed by atoms with Gasteiger partial charge < -0.3 is 9.67 Å². The monoisotopic (exact) mass is 285 g/mol. The molecule has 0 aliphatic carbocycles. The summed E-state index contributed by atoms with van der Waals surface area (Å²) in [6.07, 6.45) is 1.30. The molecule has 0 bridgehead atoms. The van der Waals surface area contributed by atoms with E-state index in [1.54, 1.807) is 0 Å².